The Hall–Kier alpha value is -2.35. The smallest absolute Gasteiger partial charge is 0.355 e. The molecule has 1 aromatic heterocycles. The Balaban J connectivity index is 3.08. The summed E-state index contributed by atoms with van der Waals surface area (Å²) in [6.45, 7) is 12.6. The monoisotopic (exact) mass is 409 g/mol. The van der Waals surface area contributed by atoms with Crippen LogP contribution >= 0.6 is 0 Å². The molecule has 1 N–H and O–H groups in total. The van der Waals surface area contributed by atoms with E-state index in [9.17, 15) is 14.4 Å². The zero-order valence-corrected chi connectivity index (χ0v) is 18.8. The Kier molecular flexibility index (Phi) is 9.88. The molecule has 1 rings (SSSR count). The third kappa shape index (κ3) is 6.59. The van der Waals surface area contributed by atoms with Crippen molar-refractivity contribution in [3.63, 3.8) is 0 Å². The summed E-state index contributed by atoms with van der Waals surface area (Å²) in [5, 5.41) is 2.84. The Morgan fingerprint density at radius 1 is 1.14 bits per heavy atom. The van der Waals surface area contributed by atoms with Crippen LogP contribution in [0.3, 0.4) is 0 Å². The first-order valence-electron chi connectivity index (χ1n) is 10.1. The molecule has 0 saturated heterocycles. The molecule has 0 spiro atoms. The van der Waals surface area contributed by atoms with Crippen molar-refractivity contribution in [1.82, 2.24) is 14.8 Å². The van der Waals surface area contributed by atoms with Crippen LogP contribution in [0.25, 0.3) is 0 Å². The fourth-order valence-electron chi connectivity index (χ4n) is 3.22. The van der Waals surface area contributed by atoms with Gasteiger partial charge < -0.3 is 24.3 Å². The van der Waals surface area contributed by atoms with Gasteiger partial charge in [-0.05, 0) is 53.5 Å². The summed E-state index contributed by atoms with van der Waals surface area (Å²) in [5.74, 6) is -0.665. The summed E-state index contributed by atoms with van der Waals surface area (Å²) in [7, 11) is 1.73. The van der Waals surface area contributed by atoms with E-state index in [0.717, 1.165) is 0 Å². The van der Waals surface area contributed by atoms with E-state index in [0.29, 0.717) is 48.7 Å². The molecule has 0 bridgehead atoms. The van der Waals surface area contributed by atoms with Crippen molar-refractivity contribution in [3.05, 3.63) is 22.5 Å². The second kappa shape index (κ2) is 11.6. The molecule has 0 aliphatic carbocycles. The molecule has 2 amide bonds. The molecule has 1 aromatic rings. The first-order chi connectivity index (χ1) is 13.6. The maximum absolute atomic E-state index is 13.1. The molecular weight excluding hydrogens is 374 g/mol. The summed E-state index contributed by atoms with van der Waals surface area (Å²) in [6, 6.07) is -0.329. The van der Waals surface area contributed by atoms with E-state index in [1.165, 1.54) is 4.90 Å². The van der Waals surface area contributed by atoms with Gasteiger partial charge in [0.2, 0.25) is 0 Å². The van der Waals surface area contributed by atoms with Gasteiger partial charge in [0.1, 0.15) is 5.69 Å². The van der Waals surface area contributed by atoms with Gasteiger partial charge in [0.15, 0.2) is 5.78 Å². The number of Topliss-reactive ketones (excluding diaryl/α,β-unsaturated/α-hetero) is 1. The van der Waals surface area contributed by atoms with Crippen molar-refractivity contribution in [2.75, 3.05) is 32.9 Å². The van der Waals surface area contributed by atoms with Crippen molar-refractivity contribution in [2.45, 2.75) is 54.0 Å². The van der Waals surface area contributed by atoms with Crippen molar-refractivity contribution >= 4 is 17.8 Å². The van der Waals surface area contributed by atoms with Crippen LogP contribution < -0.4 is 5.32 Å². The predicted molar refractivity (Wildman–Crippen MR) is 112 cm³/mol. The van der Waals surface area contributed by atoms with E-state index in [-0.39, 0.29) is 31.0 Å². The summed E-state index contributed by atoms with van der Waals surface area (Å²) >= 11 is 0. The maximum atomic E-state index is 13.1. The van der Waals surface area contributed by atoms with E-state index in [2.05, 4.69) is 5.32 Å². The highest BCUT2D eigenvalue weighted by Gasteiger charge is 2.27. The summed E-state index contributed by atoms with van der Waals surface area (Å²) < 4.78 is 12.1. The number of aromatic nitrogens is 1. The van der Waals surface area contributed by atoms with Crippen molar-refractivity contribution in [2.24, 2.45) is 7.05 Å². The van der Waals surface area contributed by atoms with Crippen molar-refractivity contribution in [1.29, 1.82) is 0 Å². The SMILES string of the molecule is CCOCCCN(CC(=O)c1c(C)c(C(=O)OCC)n(C)c1C)C(=O)NC(C)C. The topological polar surface area (TPSA) is 89.9 Å². The number of ketones is 1. The fourth-order valence-corrected chi connectivity index (χ4v) is 3.22. The zero-order valence-electron chi connectivity index (χ0n) is 18.8. The van der Waals surface area contributed by atoms with E-state index < -0.39 is 5.97 Å². The Labute approximate surface area is 173 Å². The lowest BCUT2D eigenvalue weighted by molar-refractivity contribution is 0.0514. The molecule has 1 heterocycles. The molecule has 164 valence electrons. The van der Waals surface area contributed by atoms with Crippen LogP contribution in [-0.4, -0.2) is 66.2 Å². The second-order valence-electron chi connectivity index (χ2n) is 7.21. The highest BCUT2D eigenvalue weighted by molar-refractivity contribution is 6.04. The molecule has 0 aromatic carbocycles. The quantitative estimate of drug-likeness (QED) is 0.345. The van der Waals surface area contributed by atoms with E-state index >= 15 is 0 Å². The molecule has 8 heteroatoms. The van der Waals surface area contributed by atoms with Crippen molar-refractivity contribution in [3.8, 4) is 0 Å². The number of esters is 1. The van der Waals surface area contributed by atoms with Crippen LogP contribution in [0.5, 0.6) is 0 Å². The molecule has 0 fully saturated rings. The summed E-state index contributed by atoms with van der Waals surface area (Å²) in [6.07, 6.45) is 0.632. The van der Waals surface area contributed by atoms with Crippen LogP contribution in [0.2, 0.25) is 0 Å². The van der Waals surface area contributed by atoms with Gasteiger partial charge in [-0.1, -0.05) is 0 Å². The minimum atomic E-state index is -0.458. The van der Waals surface area contributed by atoms with Crippen LogP contribution in [0.15, 0.2) is 0 Å². The van der Waals surface area contributed by atoms with Gasteiger partial charge in [-0.3, -0.25) is 4.79 Å². The maximum Gasteiger partial charge on any atom is 0.355 e. The molecule has 0 atom stereocenters. The lowest BCUT2D eigenvalue weighted by Crippen LogP contribution is -2.46. The third-order valence-corrected chi connectivity index (χ3v) is 4.63. The van der Waals surface area contributed by atoms with Crippen LogP contribution in [-0.2, 0) is 16.5 Å². The number of rotatable bonds is 11. The number of nitrogens with one attached hydrogen (secondary N) is 1. The van der Waals surface area contributed by atoms with Crippen LogP contribution in [0.1, 0.15) is 66.2 Å². The molecule has 8 nitrogen and oxygen atoms in total. The molecule has 0 aliphatic rings. The minimum Gasteiger partial charge on any atom is -0.461 e. The number of urea groups is 1. The Morgan fingerprint density at radius 3 is 2.34 bits per heavy atom. The van der Waals surface area contributed by atoms with E-state index in [4.69, 9.17) is 9.47 Å². The van der Waals surface area contributed by atoms with E-state index in [1.807, 2.05) is 20.8 Å². The lowest BCUT2D eigenvalue weighted by Gasteiger charge is -2.24. The number of hydrogen-bond donors (Lipinski definition) is 1. The molecular formula is C21H35N3O5. The number of hydrogen-bond acceptors (Lipinski definition) is 5. The molecule has 0 radical (unpaired) electrons. The summed E-state index contributed by atoms with van der Waals surface area (Å²) in [5.41, 5.74) is 2.08. The van der Waals surface area contributed by atoms with Gasteiger partial charge in [-0.15, -0.1) is 0 Å². The van der Waals surface area contributed by atoms with Gasteiger partial charge in [0.25, 0.3) is 0 Å². The number of carbonyl (C=O) groups is 3. The summed E-state index contributed by atoms with van der Waals surface area (Å²) in [4.78, 5) is 39.4. The third-order valence-electron chi connectivity index (χ3n) is 4.63. The molecule has 0 aliphatic heterocycles. The van der Waals surface area contributed by atoms with Gasteiger partial charge in [0, 0.05) is 44.1 Å². The molecule has 0 saturated carbocycles. The first kappa shape index (κ1) is 24.7. The number of nitrogens with zero attached hydrogens (tertiary/aromatic N) is 2. The first-order valence-corrected chi connectivity index (χ1v) is 10.1. The standard InChI is InChI=1S/C21H35N3O5/c1-8-28-12-10-11-24(21(27)22-14(3)4)13-17(25)18-15(5)19(20(26)29-9-2)23(7)16(18)6/h14H,8-13H2,1-7H3,(H,22,27). The van der Waals surface area contributed by atoms with Crippen molar-refractivity contribution < 1.29 is 23.9 Å². The molecule has 29 heavy (non-hydrogen) atoms. The normalized spacial score (nSPS) is 10.9. The van der Waals surface area contributed by atoms with Crippen LogP contribution in [0.4, 0.5) is 4.79 Å². The average molecular weight is 410 g/mol. The lowest BCUT2D eigenvalue weighted by atomic mass is 10.1. The van der Waals surface area contributed by atoms with E-state index in [1.54, 1.807) is 32.4 Å². The minimum absolute atomic E-state index is 0.0393. The largest absolute Gasteiger partial charge is 0.461 e. The van der Waals surface area contributed by atoms with Gasteiger partial charge in [-0.25, -0.2) is 9.59 Å². The number of carbonyl (C=O) groups excluding carboxylic acids is 3. The highest BCUT2D eigenvalue weighted by Crippen LogP contribution is 2.23. The fraction of sp³-hybridized carbons (Fsp3) is 0.667. The highest BCUT2D eigenvalue weighted by atomic mass is 16.5. The second-order valence-corrected chi connectivity index (χ2v) is 7.21. The Bertz CT molecular complexity index is 724. The number of ether oxygens (including phenoxy) is 2. The van der Waals surface area contributed by atoms with Gasteiger partial charge in [-0.2, -0.15) is 0 Å². The number of amides is 2. The van der Waals surface area contributed by atoms with Gasteiger partial charge >= 0.3 is 12.0 Å². The Morgan fingerprint density at radius 2 is 1.79 bits per heavy atom. The van der Waals surface area contributed by atoms with Crippen LogP contribution in [0, 0.1) is 13.8 Å². The predicted octanol–water partition coefficient (Wildman–Crippen LogP) is 2.85. The molecule has 0 unspecified atom stereocenters. The average Bonchev–Trinajstić information content (AvgIpc) is 2.86. The zero-order chi connectivity index (χ0) is 22.1. The van der Waals surface area contributed by atoms with Gasteiger partial charge in [0.05, 0.1) is 13.2 Å².